The van der Waals surface area contributed by atoms with E-state index in [2.05, 4.69) is 12.2 Å². The number of nitrogens with one attached hydrogen (secondary N) is 1. The van der Waals surface area contributed by atoms with E-state index in [1.807, 2.05) is 0 Å². The molecule has 0 radical (unpaired) electrons. The Labute approximate surface area is 124 Å². The molecule has 2 amide bonds. The number of carboxylic acid groups (broad SMARTS) is 1. The van der Waals surface area contributed by atoms with Crippen molar-refractivity contribution in [3.8, 4) is 5.75 Å². The molecule has 2 N–H and O–H groups in total. The molecule has 1 rings (SSSR count). The summed E-state index contributed by atoms with van der Waals surface area (Å²) in [4.78, 5) is 24.6. The van der Waals surface area contributed by atoms with Gasteiger partial charge >= 0.3 is 12.0 Å². The Hall–Kier alpha value is -2.24. The molecule has 0 spiro atoms. The van der Waals surface area contributed by atoms with Crippen molar-refractivity contribution in [2.75, 3.05) is 26.0 Å². The van der Waals surface area contributed by atoms with Crippen LogP contribution in [0.15, 0.2) is 18.2 Å². The number of aromatic carboxylic acids is 1. The van der Waals surface area contributed by atoms with Gasteiger partial charge in [-0.15, -0.1) is 0 Å². The van der Waals surface area contributed by atoms with Gasteiger partial charge in [0.15, 0.2) is 0 Å². The summed E-state index contributed by atoms with van der Waals surface area (Å²) in [5.74, 6) is -0.625. The summed E-state index contributed by atoms with van der Waals surface area (Å²) in [6, 6.07) is 4.06. The average Bonchev–Trinajstić information content (AvgIpc) is 2.47. The van der Waals surface area contributed by atoms with Gasteiger partial charge in [0.25, 0.3) is 0 Å². The van der Waals surface area contributed by atoms with Crippen molar-refractivity contribution in [3.05, 3.63) is 23.8 Å². The summed E-state index contributed by atoms with van der Waals surface area (Å²) in [6.07, 6.45) is 3.09. The van der Waals surface area contributed by atoms with Gasteiger partial charge in [0.05, 0.1) is 18.4 Å². The topological polar surface area (TPSA) is 78.9 Å². The van der Waals surface area contributed by atoms with Gasteiger partial charge in [0.2, 0.25) is 0 Å². The van der Waals surface area contributed by atoms with Crippen LogP contribution in [0.2, 0.25) is 0 Å². The highest BCUT2D eigenvalue weighted by molar-refractivity contribution is 5.94. The van der Waals surface area contributed by atoms with Gasteiger partial charge < -0.3 is 20.1 Å². The van der Waals surface area contributed by atoms with Crippen LogP contribution >= 0.6 is 0 Å². The average molecular weight is 294 g/mol. The van der Waals surface area contributed by atoms with Gasteiger partial charge in [0, 0.05) is 13.6 Å². The number of carbonyl (C=O) groups is 2. The Morgan fingerprint density at radius 2 is 2.05 bits per heavy atom. The molecule has 0 bridgehead atoms. The summed E-state index contributed by atoms with van der Waals surface area (Å²) >= 11 is 0. The van der Waals surface area contributed by atoms with E-state index in [0.717, 1.165) is 19.3 Å². The number of benzene rings is 1. The number of hydrogen-bond donors (Lipinski definition) is 2. The predicted octanol–water partition coefficient (Wildman–Crippen LogP) is 3.05. The maximum absolute atomic E-state index is 12.1. The Morgan fingerprint density at radius 3 is 2.62 bits per heavy atom. The van der Waals surface area contributed by atoms with Gasteiger partial charge in [-0.3, -0.25) is 0 Å². The van der Waals surface area contributed by atoms with Crippen LogP contribution in [0.5, 0.6) is 5.75 Å². The molecule has 21 heavy (non-hydrogen) atoms. The standard InChI is InChI=1S/C15H22N2O4/c1-4-5-6-9-17(2)15(20)16-12-10-11(14(18)19)7-8-13(12)21-3/h7-8,10H,4-6,9H2,1-3H3,(H,16,20)(H,18,19). The molecule has 1 aromatic rings. The maximum Gasteiger partial charge on any atom is 0.335 e. The number of methoxy groups -OCH3 is 1. The lowest BCUT2D eigenvalue weighted by Crippen LogP contribution is -2.32. The van der Waals surface area contributed by atoms with Crippen molar-refractivity contribution >= 4 is 17.7 Å². The molecule has 0 aromatic heterocycles. The van der Waals surface area contributed by atoms with Crippen LogP contribution in [-0.4, -0.2) is 42.7 Å². The van der Waals surface area contributed by atoms with Crippen LogP contribution in [0.25, 0.3) is 0 Å². The van der Waals surface area contributed by atoms with Crippen LogP contribution < -0.4 is 10.1 Å². The predicted molar refractivity (Wildman–Crippen MR) is 81.1 cm³/mol. The zero-order chi connectivity index (χ0) is 15.8. The molecule has 116 valence electrons. The first-order valence-corrected chi connectivity index (χ1v) is 6.93. The zero-order valence-electron chi connectivity index (χ0n) is 12.7. The van der Waals surface area contributed by atoms with E-state index in [9.17, 15) is 9.59 Å². The number of nitrogens with zero attached hydrogens (tertiary/aromatic N) is 1. The van der Waals surface area contributed by atoms with E-state index in [1.165, 1.54) is 25.3 Å². The van der Waals surface area contributed by atoms with Crippen LogP contribution in [-0.2, 0) is 0 Å². The fourth-order valence-corrected chi connectivity index (χ4v) is 1.85. The van der Waals surface area contributed by atoms with Crippen molar-refractivity contribution in [2.24, 2.45) is 0 Å². The summed E-state index contributed by atoms with van der Waals surface area (Å²) in [5.41, 5.74) is 0.449. The zero-order valence-corrected chi connectivity index (χ0v) is 12.7. The summed E-state index contributed by atoms with van der Waals surface area (Å²) in [7, 11) is 3.18. The molecule has 1 aromatic carbocycles. The van der Waals surface area contributed by atoms with Gasteiger partial charge in [0.1, 0.15) is 5.75 Å². The molecular weight excluding hydrogens is 272 g/mol. The van der Waals surface area contributed by atoms with Crippen molar-refractivity contribution in [3.63, 3.8) is 0 Å². The van der Waals surface area contributed by atoms with Gasteiger partial charge in [-0.25, -0.2) is 9.59 Å². The number of urea groups is 1. The molecule has 6 heteroatoms. The van der Waals surface area contributed by atoms with E-state index in [-0.39, 0.29) is 11.6 Å². The number of unbranched alkanes of at least 4 members (excludes halogenated alkanes) is 2. The third-order valence-corrected chi connectivity index (χ3v) is 3.13. The highest BCUT2D eigenvalue weighted by Crippen LogP contribution is 2.25. The van der Waals surface area contributed by atoms with Crippen molar-refractivity contribution in [2.45, 2.75) is 26.2 Å². The molecule has 0 saturated heterocycles. The SMILES string of the molecule is CCCCCN(C)C(=O)Nc1cc(C(=O)O)ccc1OC. The van der Waals surface area contributed by atoms with Gasteiger partial charge in [-0.05, 0) is 24.6 Å². The highest BCUT2D eigenvalue weighted by Gasteiger charge is 2.14. The monoisotopic (exact) mass is 294 g/mol. The molecule has 6 nitrogen and oxygen atoms in total. The van der Waals surface area contributed by atoms with Crippen LogP contribution in [0.3, 0.4) is 0 Å². The number of hydrogen-bond acceptors (Lipinski definition) is 3. The molecule has 0 atom stereocenters. The van der Waals surface area contributed by atoms with E-state index < -0.39 is 5.97 Å². The smallest absolute Gasteiger partial charge is 0.335 e. The summed E-state index contributed by atoms with van der Waals surface area (Å²) < 4.78 is 5.13. The lowest BCUT2D eigenvalue weighted by Gasteiger charge is -2.19. The Kier molecular flexibility index (Phi) is 6.52. The fourth-order valence-electron chi connectivity index (χ4n) is 1.85. The normalized spacial score (nSPS) is 10.0. The van der Waals surface area contributed by atoms with Crippen molar-refractivity contribution in [1.29, 1.82) is 0 Å². The second-order valence-corrected chi connectivity index (χ2v) is 4.78. The van der Waals surface area contributed by atoms with E-state index in [4.69, 9.17) is 9.84 Å². The van der Waals surface area contributed by atoms with Crippen LogP contribution in [0, 0.1) is 0 Å². The lowest BCUT2D eigenvalue weighted by atomic mass is 10.2. The third-order valence-electron chi connectivity index (χ3n) is 3.13. The van der Waals surface area contributed by atoms with Gasteiger partial charge in [-0.1, -0.05) is 19.8 Å². The number of ether oxygens (including phenoxy) is 1. The Morgan fingerprint density at radius 1 is 1.33 bits per heavy atom. The molecule has 0 fully saturated rings. The number of carboxylic acids is 1. The molecular formula is C15H22N2O4. The van der Waals surface area contributed by atoms with Crippen molar-refractivity contribution in [1.82, 2.24) is 4.90 Å². The molecule has 0 saturated carbocycles. The maximum atomic E-state index is 12.1. The fraction of sp³-hybridized carbons (Fsp3) is 0.467. The van der Waals surface area contributed by atoms with Crippen molar-refractivity contribution < 1.29 is 19.4 Å². The Bertz CT molecular complexity index is 502. The second-order valence-electron chi connectivity index (χ2n) is 4.78. The number of anilines is 1. The minimum absolute atomic E-state index is 0.0970. The lowest BCUT2D eigenvalue weighted by molar-refractivity contribution is 0.0697. The quantitative estimate of drug-likeness (QED) is 0.758. The summed E-state index contributed by atoms with van der Waals surface area (Å²) in [5, 5.41) is 11.7. The van der Waals surface area contributed by atoms with Crippen LogP contribution in [0.4, 0.5) is 10.5 Å². The highest BCUT2D eigenvalue weighted by atomic mass is 16.5. The number of rotatable bonds is 7. The molecule has 0 heterocycles. The van der Waals surface area contributed by atoms with Gasteiger partial charge in [-0.2, -0.15) is 0 Å². The number of carbonyl (C=O) groups excluding carboxylic acids is 1. The van der Waals surface area contributed by atoms with E-state index in [0.29, 0.717) is 18.0 Å². The molecule has 0 aliphatic heterocycles. The number of amides is 2. The minimum Gasteiger partial charge on any atom is -0.495 e. The molecule has 0 aliphatic carbocycles. The van der Waals surface area contributed by atoms with Crippen LogP contribution in [0.1, 0.15) is 36.5 Å². The minimum atomic E-state index is -1.05. The molecule has 0 unspecified atom stereocenters. The van der Waals surface area contributed by atoms with E-state index in [1.54, 1.807) is 11.9 Å². The van der Waals surface area contributed by atoms with E-state index >= 15 is 0 Å². The molecule has 0 aliphatic rings. The first-order valence-electron chi connectivity index (χ1n) is 6.93. The third kappa shape index (κ3) is 4.98. The Balaban J connectivity index is 2.78. The second kappa shape index (κ2) is 8.14. The first kappa shape index (κ1) is 16.8. The first-order chi connectivity index (χ1) is 9.99. The largest absolute Gasteiger partial charge is 0.495 e. The summed E-state index contributed by atoms with van der Waals surface area (Å²) in [6.45, 7) is 2.75.